The molecule has 2 N–H and O–H groups in total. The molecule has 1 aromatic rings. The van der Waals surface area contributed by atoms with Gasteiger partial charge in [-0.05, 0) is 18.9 Å². The predicted molar refractivity (Wildman–Crippen MR) is 111 cm³/mol. The van der Waals surface area contributed by atoms with Gasteiger partial charge in [0.25, 0.3) is 0 Å². The summed E-state index contributed by atoms with van der Waals surface area (Å²) in [5.74, 6) is 0. The molecule has 0 radical (unpaired) electrons. The largest absolute Gasteiger partial charge is 0.380 e. The Morgan fingerprint density at radius 2 is 1.50 bits per heavy atom. The van der Waals surface area contributed by atoms with Crippen LogP contribution in [-0.4, -0.2) is 0 Å². The summed E-state index contributed by atoms with van der Waals surface area (Å²) in [5.41, 5.74) is 3.97. The van der Waals surface area contributed by atoms with Crippen molar-refractivity contribution in [2.24, 2.45) is 0 Å². The van der Waals surface area contributed by atoms with Gasteiger partial charge in [0.15, 0.2) is 0 Å². The highest BCUT2D eigenvalue weighted by atomic mass is 15.0. The van der Waals surface area contributed by atoms with Crippen molar-refractivity contribution in [1.82, 2.24) is 10.6 Å². The van der Waals surface area contributed by atoms with Gasteiger partial charge in [0.1, 0.15) is 0 Å². The van der Waals surface area contributed by atoms with Crippen molar-refractivity contribution in [3.8, 4) is 12.8 Å². The number of allylic oxidation sites excluding steroid dienone is 2. The highest BCUT2D eigenvalue weighted by Crippen LogP contribution is 2.04. The number of rotatable bonds is 7. The third-order valence-corrected chi connectivity index (χ3v) is 2.57. The van der Waals surface area contributed by atoms with Crippen molar-refractivity contribution in [3.63, 3.8) is 0 Å². The van der Waals surface area contributed by atoms with Crippen LogP contribution >= 0.6 is 0 Å². The normalized spacial score (nSPS) is 8.75. The third kappa shape index (κ3) is 14.5. The Kier molecular flexibility index (Phi) is 22.7. The van der Waals surface area contributed by atoms with Crippen LogP contribution in [0.4, 0.5) is 0 Å². The molecule has 0 aliphatic heterocycles. The average Bonchev–Trinajstić information content (AvgIpc) is 2.65. The first-order chi connectivity index (χ1) is 11.6. The lowest BCUT2D eigenvalue weighted by Gasteiger charge is -2.14. The summed E-state index contributed by atoms with van der Waals surface area (Å²) in [6.45, 7) is 20.9. The van der Waals surface area contributed by atoms with E-state index in [1.807, 2.05) is 52.8 Å². The van der Waals surface area contributed by atoms with Crippen molar-refractivity contribution in [3.05, 3.63) is 72.2 Å². The summed E-state index contributed by atoms with van der Waals surface area (Å²) < 4.78 is 0. The van der Waals surface area contributed by atoms with Crippen LogP contribution < -0.4 is 10.6 Å². The Balaban J connectivity index is -0.000000659. The van der Waals surface area contributed by atoms with Gasteiger partial charge in [-0.15, -0.1) is 12.8 Å². The molecule has 2 heteroatoms. The lowest BCUT2D eigenvalue weighted by atomic mass is 10.2. The first-order valence-corrected chi connectivity index (χ1v) is 8.56. The minimum Gasteiger partial charge on any atom is -0.380 e. The molecular weight excluding hydrogens is 292 g/mol. The average molecular weight is 329 g/mol. The summed E-state index contributed by atoms with van der Waals surface area (Å²) >= 11 is 0. The quantitative estimate of drug-likeness (QED) is 0.473. The van der Waals surface area contributed by atoms with Gasteiger partial charge in [-0.2, -0.15) is 0 Å². The molecule has 0 aliphatic carbocycles. The van der Waals surface area contributed by atoms with E-state index in [-0.39, 0.29) is 0 Å². The Hall–Kier alpha value is -2.40. The van der Waals surface area contributed by atoms with Crippen LogP contribution in [0.1, 0.15) is 53.5 Å². The van der Waals surface area contributed by atoms with Crippen molar-refractivity contribution in [2.45, 2.75) is 54.5 Å². The van der Waals surface area contributed by atoms with Gasteiger partial charge in [0.2, 0.25) is 0 Å². The Morgan fingerprint density at radius 1 is 1.00 bits per heavy atom. The van der Waals surface area contributed by atoms with Crippen molar-refractivity contribution in [1.29, 1.82) is 0 Å². The maximum absolute atomic E-state index is 4.00. The molecule has 1 rings (SSSR count). The van der Waals surface area contributed by atoms with Gasteiger partial charge in [0.05, 0.1) is 11.4 Å². The zero-order valence-electron chi connectivity index (χ0n) is 16.4. The van der Waals surface area contributed by atoms with Crippen LogP contribution in [0.3, 0.4) is 0 Å². The smallest absolute Gasteiger partial charge is 0.0538 e. The van der Waals surface area contributed by atoms with Crippen LogP contribution in [0.2, 0.25) is 0 Å². The van der Waals surface area contributed by atoms with Gasteiger partial charge in [-0.3, -0.25) is 0 Å². The van der Waals surface area contributed by atoms with Gasteiger partial charge in [-0.25, -0.2) is 0 Å². The fourth-order valence-electron chi connectivity index (χ4n) is 1.58. The van der Waals surface area contributed by atoms with Gasteiger partial charge >= 0.3 is 0 Å². The number of hydrogen-bond acceptors (Lipinski definition) is 2. The zero-order valence-corrected chi connectivity index (χ0v) is 16.4. The predicted octanol–water partition coefficient (Wildman–Crippen LogP) is 6.01. The Labute approximate surface area is 150 Å². The molecule has 24 heavy (non-hydrogen) atoms. The van der Waals surface area contributed by atoms with Crippen molar-refractivity contribution >= 4 is 0 Å². The lowest BCUT2D eigenvalue weighted by molar-refractivity contribution is 0.796. The second-order valence-electron chi connectivity index (χ2n) is 4.22. The van der Waals surface area contributed by atoms with Gasteiger partial charge in [-0.1, -0.05) is 84.2 Å². The second kappa shape index (κ2) is 20.6. The topological polar surface area (TPSA) is 24.1 Å². The second-order valence-corrected chi connectivity index (χ2v) is 4.22. The van der Waals surface area contributed by atoms with E-state index in [9.17, 15) is 0 Å². The van der Waals surface area contributed by atoms with E-state index in [1.54, 1.807) is 0 Å². The molecule has 2 nitrogen and oxygen atoms in total. The summed E-state index contributed by atoms with van der Waals surface area (Å²) in [5, 5.41) is 6.48. The van der Waals surface area contributed by atoms with Crippen molar-refractivity contribution in [2.75, 3.05) is 0 Å². The molecule has 0 fully saturated rings. The summed E-state index contributed by atoms with van der Waals surface area (Å²) in [6, 6.07) is 10.2. The first kappa shape index (κ1) is 26.5. The molecule has 0 aromatic heterocycles. The molecule has 0 unspecified atom stereocenters. The van der Waals surface area contributed by atoms with Crippen LogP contribution in [0, 0.1) is 12.8 Å². The molecule has 0 saturated heterocycles. The molecule has 0 atom stereocenters. The Bertz CT molecular complexity index is 467. The number of benzene rings is 1. The first-order valence-electron chi connectivity index (χ1n) is 8.56. The minimum absolute atomic E-state index is 0.761. The summed E-state index contributed by atoms with van der Waals surface area (Å²) in [7, 11) is 0. The van der Waals surface area contributed by atoms with E-state index >= 15 is 0 Å². The van der Waals surface area contributed by atoms with Gasteiger partial charge < -0.3 is 10.6 Å². The minimum atomic E-state index is 0.761. The van der Waals surface area contributed by atoms with E-state index in [4.69, 9.17) is 0 Å². The standard InChI is InChI=1S/C16H22N2.2C2H6.C2H2/c1-5-9-13(2)18-15(4)14(3)17-12-16-10-7-6-8-11-16;3*1-2/h6-11,17-18H,3-5,12H2,1-2H3;2*1-2H3;1-2H/b13-9+;;;. The molecule has 134 valence electrons. The van der Waals surface area contributed by atoms with Crippen LogP contribution in [-0.2, 0) is 6.54 Å². The van der Waals surface area contributed by atoms with E-state index < -0.39 is 0 Å². The molecule has 0 amide bonds. The van der Waals surface area contributed by atoms with E-state index in [0.717, 1.165) is 30.1 Å². The molecule has 0 heterocycles. The number of nitrogens with one attached hydrogen (secondary N) is 2. The molecule has 0 saturated carbocycles. The van der Waals surface area contributed by atoms with Gasteiger partial charge in [0, 0.05) is 12.2 Å². The van der Waals surface area contributed by atoms with Crippen LogP contribution in [0.25, 0.3) is 0 Å². The maximum atomic E-state index is 4.00. The Morgan fingerprint density at radius 3 is 1.96 bits per heavy atom. The van der Waals surface area contributed by atoms with Crippen LogP contribution in [0.15, 0.2) is 66.7 Å². The number of hydrogen-bond donors (Lipinski definition) is 2. The fraction of sp³-hybridized carbons (Fsp3) is 0.364. The molecule has 0 aliphatic rings. The molecule has 1 aromatic carbocycles. The highest BCUT2D eigenvalue weighted by molar-refractivity contribution is 5.26. The molecule has 0 bridgehead atoms. The van der Waals surface area contributed by atoms with Crippen molar-refractivity contribution < 1.29 is 0 Å². The van der Waals surface area contributed by atoms with E-state index in [2.05, 4.69) is 61.8 Å². The fourth-order valence-corrected chi connectivity index (χ4v) is 1.58. The number of terminal acetylenes is 1. The third-order valence-electron chi connectivity index (χ3n) is 2.57. The van der Waals surface area contributed by atoms with E-state index in [1.165, 1.54) is 5.56 Å². The molecular formula is C22H36N2. The monoisotopic (exact) mass is 328 g/mol. The van der Waals surface area contributed by atoms with Crippen LogP contribution in [0.5, 0.6) is 0 Å². The van der Waals surface area contributed by atoms with E-state index in [0.29, 0.717) is 0 Å². The highest BCUT2D eigenvalue weighted by Gasteiger charge is 2.00. The lowest BCUT2D eigenvalue weighted by Crippen LogP contribution is -2.20. The summed E-state index contributed by atoms with van der Waals surface area (Å²) in [4.78, 5) is 0. The SMILES string of the molecule is C#C.C=C(NCc1ccccc1)C(=C)N/C(C)=C/CC.CC.CC. The zero-order chi connectivity index (χ0) is 19.4. The molecule has 0 spiro atoms. The maximum Gasteiger partial charge on any atom is 0.0538 e. The summed E-state index contributed by atoms with van der Waals surface area (Å²) in [6.07, 6.45) is 11.1.